The number of hydrogen-bond donors (Lipinski definition) is 0. The van der Waals surface area contributed by atoms with Crippen molar-refractivity contribution < 1.29 is 13.4 Å². The van der Waals surface area contributed by atoms with Crippen LogP contribution in [0, 0.1) is 5.82 Å². The monoisotopic (exact) mass is 356 g/mol. The molecule has 0 spiro atoms. The number of hydrogen-bond acceptors (Lipinski definition) is 6. The Morgan fingerprint density at radius 3 is 2.50 bits per heavy atom. The van der Waals surface area contributed by atoms with Gasteiger partial charge in [-0.3, -0.25) is 9.80 Å². The summed E-state index contributed by atoms with van der Waals surface area (Å²) in [7, 11) is 0. The molecule has 0 amide bonds. The van der Waals surface area contributed by atoms with Crippen LogP contribution in [-0.4, -0.2) is 46.3 Å². The highest BCUT2D eigenvalue weighted by Gasteiger charge is 2.28. The van der Waals surface area contributed by atoms with Crippen molar-refractivity contribution in [3.63, 3.8) is 0 Å². The molecule has 0 atom stereocenters. The average molecular weight is 356 g/mol. The molecule has 7 heteroatoms. The van der Waals surface area contributed by atoms with Crippen molar-refractivity contribution >= 4 is 11.0 Å². The van der Waals surface area contributed by atoms with E-state index in [2.05, 4.69) is 26.2 Å². The maximum Gasteiger partial charge on any atom is 0.170 e. The van der Waals surface area contributed by atoms with Gasteiger partial charge in [-0.2, -0.15) is 0 Å². The Kier molecular flexibility index (Phi) is 3.98. The maximum atomic E-state index is 13.3. The minimum atomic E-state index is -0.300. The van der Waals surface area contributed by atoms with E-state index in [-0.39, 0.29) is 5.82 Å². The van der Waals surface area contributed by atoms with Crippen molar-refractivity contribution in [3.05, 3.63) is 47.2 Å². The third-order valence-corrected chi connectivity index (χ3v) is 5.29. The van der Waals surface area contributed by atoms with Gasteiger partial charge in [-0.25, -0.2) is 4.39 Å². The molecule has 6 nitrogen and oxygen atoms in total. The van der Waals surface area contributed by atoms with E-state index in [0.29, 0.717) is 11.5 Å². The number of nitrogens with zero attached hydrogens (tertiary/aromatic N) is 4. The predicted molar refractivity (Wildman–Crippen MR) is 93.0 cm³/mol. The first-order valence-electron chi connectivity index (χ1n) is 9.18. The third-order valence-electron chi connectivity index (χ3n) is 5.29. The smallest absolute Gasteiger partial charge is 0.170 e. The summed E-state index contributed by atoms with van der Waals surface area (Å²) < 4.78 is 24.0. The number of piperazine rings is 1. The molecule has 3 heterocycles. The van der Waals surface area contributed by atoms with Gasteiger partial charge in [-0.05, 0) is 25.0 Å². The van der Waals surface area contributed by atoms with Crippen molar-refractivity contribution in [2.24, 2.45) is 0 Å². The van der Waals surface area contributed by atoms with Crippen molar-refractivity contribution in [3.8, 4) is 0 Å². The molecular weight excluding hydrogens is 335 g/mol. The summed E-state index contributed by atoms with van der Waals surface area (Å²) in [5, 5.41) is 9.23. The average Bonchev–Trinajstić information content (AvgIpc) is 3.28. The van der Waals surface area contributed by atoms with E-state index in [0.717, 1.165) is 61.8 Å². The van der Waals surface area contributed by atoms with Crippen LogP contribution in [0.3, 0.4) is 0 Å². The Bertz CT molecular complexity index is 909. The van der Waals surface area contributed by atoms with Crippen LogP contribution in [0.2, 0.25) is 0 Å². The summed E-state index contributed by atoms with van der Waals surface area (Å²) in [5.74, 6) is 1.36. The fourth-order valence-corrected chi connectivity index (χ4v) is 3.59. The zero-order valence-electron chi connectivity index (χ0n) is 14.5. The number of benzene rings is 1. The van der Waals surface area contributed by atoms with Gasteiger partial charge in [0.2, 0.25) is 0 Å². The van der Waals surface area contributed by atoms with E-state index in [1.54, 1.807) is 6.07 Å². The van der Waals surface area contributed by atoms with Crippen LogP contribution in [0.5, 0.6) is 0 Å². The molecule has 0 N–H and O–H groups in total. The zero-order valence-corrected chi connectivity index (χ0v) is 14.5. The molecule has 1 saturated carbocycles. The molecule has 2 aliphatic rings. The summed E-state index contributed by atoms with van der Waals surface area (Å²) in [6, 6.07) is 6.70. The molecule has 0 bridgehead atoms. The topological polar surface area (TPSA) is 58.5 Å². The van der Waals surface area contributed by atoms with Crippen LogP contribution in [-0.2, 0) is 13.1 Å². The van der Waals surface area contributed by atoms with Crippen molar-refractivity contribution in [2.45, 2.75) is 31.8 Å². The molecule has 0 radical (unpaired) electrons. The number of rotatable bonds is 5. The van der Waals surface area contributed by atoms with E-state index in [1.165, 1.54) is 25.0 Å². The van der Waals surface area contributed by atoms with E-state index in [1.807, 2.05) is 0 Å². The first-order chi connectivity index (χ1) is 12.7. The van der Waals surface area contributed by atoms with Crippen LogP contribution in [0.1, 0.15) is 35.9 Å². The molecule has 26 heavy (non-hydrogen) atoms. The molecule has 2 aromatic heterocycles. The molecule has 136 valence electrons. The minimum absolute atomic E-state index is 0.300. The normalized spacial score (nSPS) is 19.4. The van der Waals surface area contributed by atoms with Gasteiger partial charge >= 0.3 is 0 Å². The van der Waals surface area contributed by atoms with Gasteiger partial charge in [0.15, 0.2) is 5.58 Å². The lowest BCUT2D eigenvalue weighted by atomic mass is 10.2. The SMILES string of the molecule is Fc1ccc2c(CN3CCN(Cc4cc(C5CC5)on4)CC3)noc2c1. The van der Waals surface area contributed by atoms with Crippen LogP contribution >= 0.6 is 0 Å². The van der Waals surface area contributed by atoms with Gasteiger partial charge < -0.3 is 9.05 Å². The highest BCUT2D eigenvalue weighted by molar-refractivity contribution is 5.79. The summed E-state index contributed by atoms with van der Waals surface area (Å²) >= 11 is 0. The molecule has 1 aromatic carbocycles. The Morgan fingerprint density at radius 1 is 0.962 bits per heavy atom. The summed E-state index contributed by atoms with van der Waals surface area (Å²) in [5.41, 5.74) is 2.42. The Labute approximate surface area is 150 Å². The molecule has 0 unspecified atom stereocenters. The number of aromatic nitrogens is 2. The molecule has 3 aromatic rings. The van der Waals surface area contributed by atoms with Gasteiger partial charge in [0, 0.05) is 62.7 Å². The van der Waals surface area contributed by atoms with Crippen LogP contribution < -0.4 is 0 Å². The fourth-order valence-electron chi connectivity index (χ4n) is 3.59. The van der Waals surface area contributed by atoms with E-state index < -0.39 is 0 Å². The van der Waals surface area contributed by atoms with Gasteiger partial charge in [-0.15, -0.1) is 0 Å². The largest absolute Gasteiger partial charge is 0.361 e. The van der Waals surface area contributed by atoms with Gasteiger partial charge in [-0.1, -0.05) is 10.3 Å². The molecule has 1 aliphatic heterocycles. The van der Waals surface area contributed by atoms with Crippen molar-refractivity contribution in [1.82, 2.24) is 20.1 Å². The number of halogens is 1. The summed E-state index contributed by atoms with van der Waals surface area (Å²) in [6.07, 6.45) is 2.47. The molecule has 1 saturated heterocycles. The van der Waals surface area contributed by atoms with Crippen LogP contribution in [0.4, 0.5) is 4.39 Å². The van der Waals surface area contributed by atoms with E-state index in [4.69, 9.17) is 9.05 Å². The maximum absolute atomic E-state index is 13.3. The first kappa shape index (κ1) is 16.0. The first-order valence-corrected chi connectivity index (χ1v) is 9.18. The lowest BCUT2D eigenvalue weighted by Gasteiger charge is -2.33. The fraction of sp³-hybridized carbons (Fsp3) is 0.474. The van der Waals surface area contributed by atoms with Crippen LogP contribution in [0.15, 0.2) is 33.3 Å². The Balaban J connectivity index is 1.17. The second-order valence-corrected chi connectivity index (χ2v) is 7.32. The quantitative estimate of drug-likeness (QED) is 0.700. The lowest BCUT2D eigenvalue weighted by Crippen LogP contribution is -2.45. The van der Waals surface area contributed by atoms with E-state index in [9.17, 15) is 4.39 Å². The molecular formula is C19H21FN4O2. The minimum Gasteiger partial charge on any atom is -0.361 e. The molecule has 2 fully saturated rings. The lowest BCUT2D eigenvalue weighted by molar-refractivity contribution is 0.118. The summed E-state index contributed by atoms with van der Waals surface area (Å²) in [6.45, 7) is 5.45. The van der Waals surface area contributed by atoms with Gasteiger partial charge in [0.05, 0.1) is 5.69 Å². The van der Waals surface area contributed by atoms with Gasteiger partial charge in [0.1, 0.15) is 17.3 Å². The molecule has 5 rings (SSSR count). The standard InChI is InChI=1S/C19H21FN4O2/c20-14-3-4-16-17(22-26-19(16)9-14)12-24-7-5-23(6-8-24)11-15-10-18(25-21-15)13-1-2-13/h3-4,9-10,13H,1-2,5-8,11-12H2. The predicted octanol–water partition coefficient (Wildman–Crippen LogP) is 3.15. The highest BCUT2D eigenvalue weighted by atomic mass is 19.1. The number of fused-ring (bicyclic) bond motifs is 1. The molecule has 1 aliphatic carbocycles. The zero-order chi connectivity index (χ0) is 17.5. The third kappa shape index (κ3) is 3.24. The van der Waals surface area contributed by atoms with Crippen molar-refractivity contribution in [2.75, 3.05) is 26.2 Å². The summed E-state index contributed by atoms with van der Waals surface area (Å²) in [4.78, 5) is 4.76. The van der Waals surface area contributed by atoms with E-state index >= 15 is 0 Å². The second kappa shape index (κ2) is 6.48. The van der Waals surface area contributed by atoms with Gasteiger partial charge in [0.25, 0.3) is 0 Å². The van der Waals surface area contributed by atoms with Crippen molar-refractivity contribution in [1.29, 1.82) is 0 Å². The van der Waals surface area contributed by atoms with Crippen LogP contribution in [0.25, 0.3) is 11.0 Å². The second-order valence-electron chi connectivity index (χ2n) is 7.32. The highest BCUT2D eigenvalue weighted by Crippen LogP contribution is 2.40. The Morgan fingerprint density at radius 2 is 1.73 bits per heavy atom. The Hall–Kier alpha value is -2.25.